The van der Waals surface area contributed by atoms with Crippen molar-refractivity contribution in [3.8, 4) is 0 Å². The molecule has 1 aromatic heterocycles. The van der Waals surface area contributed by atoms with Gasteiger partial charge in [-0.3, -0.25) is 0 Å². The topological polar surface area (TPSA) is 76.3 Å². The van der Waals surface area contributed by atoms with Crippen molar-refractivity contribution in [1.29, 1.82) is 0 Å². The third-order valence-corrected chi connectivity index (χ3v) is 4.56. The molecule has 0 spiro atoms. The Morgan fingerprint density at radius 1 is 1.67 bits per heavy atom. The maximum Gasteiger partial charge on any atom is 0.263 e. The molecule has 1 heterocycles. The molecule has 0 saturated carbocycles. The van der Waals surface area contributed by atoms with Gasteiger partial charge in [-0.05, 0) is 12.1 Å². The van der Waals surface area contributed by atoms with Gasteiger partial charge in [0, 0.05) is 25.7 Å². The monoisotopic (exact) mass is 291 g/mol. The van der Waals surface area contributed by atoms with Gasteiger partial charge in [-0.2, -0.15) is 4.31 Å². The highest BCUT2D eigenvalue weighted by Crippen LogP contribution is 2.16. The average molecular weight is 291 g/mol. The number of sulfonamides is 1. The Balaban J connectivity index is 3.01. The summed E-state index contributed by atoms with van der Waals surface area (Å²) in [4.78, 5) is 3.76. The van der Waals surface area contributed by atoms with Crippen LogP contribution in [0.1, 0.15) is 6.92 Å². The summed E-state index contributed by atoms with van der Waals surface area (Å²) in [7, 11) is -2.63. The van der Waals surface area contributed by atoms with Crippen molar-refractivity contribution >= 4 is 27.2 Å². The van der Waals surface area contributed by atoms with Crippen molar-refractivity contribution in [3.05, 3.63) is 24.1 Å². The number of nitrogens with two attached hydrogens (primary N) is 1. The number of nitrogens with zero attached hydrogens (tertiary/aromatic N) is 2. The van der Waals surface area contributed by atoms with Crippen molar-refractivity contribution in [2.45, 2.75) is 11.9 Å². The van der Waals surface area contributed by atoms with Crippen LogP contribution in [0.25, 0.3) is 0 Å². The van der Waals surface area contributed by atoms with Crippen molar-refractivity contribution in [3.63, 3.8) is 0 Å². The molecule has 1 atom stereocenters. The first-order valence-corrected chi connectivity index (χ1v) is 6.97. The van der Waals surface area contributed by atoms with Crippen molar-refractivity contribution in [1.82, 2.24) is 9.29 Å². The van der Waals surface area contributed by atoms with Crippen LogP contribution in [-0.2, 0) is 10.0 Å². The molecular weight excluding hydrogens is 277 g/mol. The Morgan fingerprint density at radius 2 is 2.28 bits per heavy atom. The van der Waals surface area contributed by atoms with Crippen LogP contribution in [0, 0.1) is 11.7 Å². The summed E-state index contributed by atoms with van der Waals surface area (Å²) in [6.45, 7) is 1.77. The van der Waals surface area contributed by atoms with E-state index in [2.05, 4.69) is 4.98 Å². The quantitative estimate of drug-likeness (QED) is 0.811. The van der Waals surface area contributed by atoms with E-state index in [9.17, 15) is 12.8 Å². The van der Waals surface area contributed by atoms with Gasteiger partial charge in [0.1, 0.15) is 0 Å². The second-order valence-electron chi connectivity index (χ2n) is 3.88. The van der Waals surface area contributed by atoms with E-state index < -0.39 is 20.9 Å². The van der Waals surface area contributed by atoms with E-state index in [0.717, 1.165) is 10.4 Å². The highest BCUT2D eigenvalue weighted by molar-refractivity contribution is 7.89. The Hall–Kier alpha value is -1.12. The van der Waals surface area contributed by atoms with Crippen molar-refractivity contribution in [2.24, 2.45) is 11.7 Å². The third-order valence-electron chi connectivity index (χ3n) is 2.40. The molecule has 0 aliphatic heterocycles. The van der Waals surface area contributed by atoms with Crippen LogP contribution >= 0.6 is 12.2 Å². The van der Waals surface area contributed by atoms with Gasteiger partial charge < -0.3 is 5.73 Å². The van der Waals surface area contributed by atoms with Gasteiger partial charge in [0.2, 0.25) is 5.03 Å². The molecule has 0 fully saturated rings. The van der Waals surface area contributed by atoms with Gasteiger partial charge in [-0.25, -0.2) is 17.8 Å². The van der Waals surface area contributed by atoms with E-state index in [0.29, 0.717) is 0 Å². The molecule has 5 nitrogen and oxygen atoms in total. The molecule has 18 heavy (non-hydrogen) atoms. The summed E-state index contributed by atoms with van der Waals surface area (Å²) in [5, 5.41) is -0.595. The van der Waals surface area contributed by atoms with E-state index in [1.54, 1.807) is 6.92 Å². The number of thiocarbonyl (C=S) groups is 1. The zero-order valence-electron chi connectivity index (χ0n) is 10.00. The first-order chi connectivity index (χ1) is 8.26. The molecule has 1 unspecified atom stereocenters. The van der Waals surface area contributed by atoms with Crippen LogP contribution in [-0.4, -0.2) is 36.3 Å². The molecule has 0 aromatic carbocycles. The van der Waals surface area contributed by atoms with Crippen LogP contribution in [0.4, 0.5) is 4.39 Å². The first-order valence-electron chi connectivity index (χ1n) is 5.13. The Kier molecular flexibility index (Phi) is 4.71. The van der Waals surface area contributed by atoms with E-state index in [4.69, 9.17) is 18.0 Å². The molecule has 0 bridgehead atoms. The number of hydrogen-bond acceptors (Lipinski definition) is 4. The average Bonchev–Trinajstić information content (AvgIpc) is 2.28. The van der Waals surface area contributed by atoms with Crippen LogP contribution in [0.3, 0.4) is 0 Å². The molecule has 0 aliphatic rings. The molecule has 1 aromatic rings. The summed E-state index contributed by atoms with van der Waals surface area (Å²) in [5.41, 5.74) is 5.42. The molecule has 1 rings (SSSR count). The maximum atomic E-state index is 13.4. The van der Waals surface area contributed by atoms with Gasteiger partial charge in [0.05, 0.1) is 4.99 Å². The van der Waals surface area contributed by atoms with E-state index in [1.165, 1.54) is 19.3 Å². The predicted molar refractivity (Wildman–Crippen MR) is 70.0 cm³/mol. The number of halogens is 1. The highest BCUT2D eigenvalue weighted by Gasteiger charge is 2.27. The van der Waals surface area contributed by atoms with Gasteiger partial charge in [0.15, 0.2) is 5.82 Å². The minimum absolute atomic E-state index is 0.0771. The molecule has 8 heteroatoms. The number of aromatic nitrogens is 1. The smallest absolute Gasteiger partial charge is 0.263 e. The molecular formula is C10H14FN3O2S2. The minimum atomic E-state index is -3.97. The second kappa shape index (κ2) is 5.68. The lowest BCUT2D eigenvalue weighted by molar-refractivity contribution is 0.436. The fraction of sp³-hybridized carbons (Fsp3) is 0.400. The molecule has 0 amide bonds. The number of pyridine rings is 1. The van der Waals surface area contributed by atoms with E-state index in [-0.39, 0.29) is 17.5 Å². The fourth-order valence-corrected chi connectivity index (χ4v) is 2.58. The second-order valence-corrected chi connectivity index (χ2v) is 6.31. The molecule has 100 valence electrons. The normalized spacial score (nSPS) is 13.6. The Labute approximate surface area is 111 Å². The lowest BCUT2D eigenvalue weighted by atomic mass is 10.2. The molecule has 0 radical (unpaired) electrons. The third kappa shape index (κ3) is 3.21. The number of rotatable bonds is 5. The van der Waals surface area contributed by atoms with Crippen molar-refractivity contribution < 1.29 is 12.8 Å². The van der Waals surface area contributed by atoms with E-state index >= 15 is 0 Å². The van der Waals surface area contributed by atoms with Crippen LogP contribution < -0.4 is 5.73 Å². The molecule has 2 N–H and O–H groups in total. The summed E-state index contributed by atoms with van der Waals surface area (Å²) in [5.74, 6) is -1.18. The highest BCUT2D eigenvalue weighted by atomic mass is 32.2. The lowest BCUT2D eigenvalue weighted by Gasteiger charge is -2.20. The summed E-state index contributed by atoms with van der Waals surface area (Å²) in [6.07, 6.45) is 1.22. The maximum absolute atomic E-state index is 13.4. The van der Waals surface area contributed by atoms with Crippen molar-refractivity contribution in [2.75, 3.05) is 13.6 Å². The Bertz CT molecular complexity index is 548. The Morgan fingerprint density at radius 3 is 2.78 bits per heavy atom. The van der Waals surface area contributed by atoms with Crippen LogP contribution in [0.5, 0.6) is 0 Å². The zero-order valence-corrected chi connectivity index (χ0v) is 11.6. The number of hydrogen-bond donors (Lipinski definition) is 1. The van der Waals surface area contributed by atoms with Gasteiger partial charge in [-0.1, -0.05) is 19.1 Å². The minimum Gasteiger partial charge on any atom is -0.393 e. The largest absolute Gasteiger partial charge is 0.393 e. The summed E-state index contributed by atoms with van der Waals surface area (Å²) >= 11 is 4.77. The van der Waals surface area contributed by atoms with Gasteiger partial charge in [-0.15, -0.1) is 0 Å². The summed E-state index contributed by atoms with van der Waals surface area (Å²) in [6, 6.07) is 2.37. The first kappa shape index (κ1) is 14.9. The lowest BCUT2D eigenvalue weighted by Crippen LogP contribution is -2.36. The summed E-state index contributed by atoms with van der Waals surface area (Å²) < 4.78 is 38.5. The SMILES string of the molecule is CC(CN(C)S(=O)(=O)c1ncccc1F)C(N)=S. The molecule has 0 saturated heterocycles. The molecule has 0 aliphatic carbocycles. The van der Waals surface area contributed by atoms with E-state index in [1.807, 2.05) is 0 Å². The standard InChI is InChI=1S/C10H14FN3O2S2/c1-7(9(12)17)6-14(2)18(15,16)10-8(11)4-3-5-13-10/h3-5,7H,6H2,1-2H3,(H2,12,17). The van der Waals surface area contributed by atoms with Gasteiger partial charge in [0.25, 0.3) is 10.0 Å². The van der Waals surface area contributed by atoms with Gasteiger partial charge >= 0.3 is 0 Å². The van der Waals surface area contributed by atoms with Crippen LogP contribution in [0.2, 0.25) is 0 Å². The van der Waals surface area contributed by atoms with Crippen LogP contribution in [0.15, 0.2) is 23.4 Å². The predicted octanol–water partition coefficient (Wildman–Crippen LogP) is 0.763. The zero-order chi connectivity index (χ0) is 13.9. The fourth-order valence-electron chi connectivity index (χ4n) is 1.28.